The summed E-state index contributed by atoms with van der Waals surface area (Å²) >= 11 is 0. The molecule has 27 heavy (non-hydrogen) atoms. The summed E-state index contributed by atoms with van der Waals surface area (Å²) in [5.74, 6) is 2.56. The fraction of sp³-hybridized carbons (Fsp3) is 0.619. The van der Waals surface area contributed by atoms with Gasteiger partial charge in [-0.15, -0.1) is 24.0 Å². The van der Waals surface area contributed by atoms with Crippen LogP contribution in [-0.2, 0) is 4.79 Å². The first-order chi connectivity index (χ1) is 12.4. The number of amides is 1. The second-order valence-electron chi connectivity index (χ2n) is 7.93. The molecule has 1 amide bonds. The topological polar surface area (TPSA) is 47.9 Å². The predicted molar refractivity (Wildman–Crippen MR) is 124 cm³/mol. The number of piperidine rings is 1. The van der Waals surface area contributed by atoms with Crippen molar-refractivity contribution in [3.63, 3.8) is 0 Å². The number of guanidine groups is 1. The van der Waals surface area contributed by atoms with Crippen molar-refractivity contribution in [3.05, 3.63) is 35.9 Å². The quantitative estimate of drug-likeness (QED) is 0.394. The lowest BCUT2D eigenvalue weighted by molar-refractivity contribution is -0.127. The largest absolute Gasteiger partial charge is 0.356 e. The molecule has 1 N–H and O–H groups in total. The third-order valence-electron chi connectivity index (χ3n) is 4.96. The second-order valence-corrected chi connectivity index (χ2v) is 7.93. The maximum absolute atomic E-state index is 11.9. The predicted octanol–water partition coefficient (Wildman–Crippen LogP) is 3.42. The van der Waals surface area contributed by atoms with Crippen LogP contribution < -0.4 is 5.32 Å². The molecule has 2 atom stereocenters. The van der Waals surface area contributed by atoms with E-state index in [4.69, 9.17) is 0 Å². The summed E-state index contributed by atoms with van der Waals surface area (Å²) in [5.41, 5.74) is 1.43. The molecule has 6 heteroatoms. The molecule has 0 spiro atoms. The number of carbonyl (C=O) groups excluding carboxylic acids is 1. The van der Waals surface area contributed by atoms with E-state index in [2.05, 4.69) is 66.3 Å². The van der Waals surface area contributed by atoms with Crippen molar-refractivity contribution >= 4 is 35.8 Å². The number of benzene rings is 1. The van der Waals surface area contributed by atoms with Gasteiger partial charge < -0.3 is 15.1 Å². The van der Waals surface area contributed by atoms with Crippen molar-refractivity contribution < 1.29 is 4.79 Å². The molecule has 2 unspecified atom stereocenters. The van der Waals surface area contributed by atoms with Crippen LogP contribution in [0.3, 0.4) is 0 Å². The molecule has 1 heterocycles. The molecule has 0 aliphatic carbocycles. The van der Waals surface area contributed by atoms with Crippen LogP contribution in [-0.4, -0.2) is 61.9 Å². The van der Waals surface area contributed by atoms with E-state index in [0.29, 0.717) is 17.8 Å². The van der Waals surface area contributed by atoms with Gasteiger partial charge in [0, 0.05) is 33.7 Å². The van der Waals surface area contributed by atoms with E-state index < -0.39 is 0 Å². The van der Waals surface area contributed by atoms with Crippen LogP contribution in [0.2, 0.25) is 0 Å². The third-order valence-corrected chi connectivity index (χ3v) is 4.96. The minimum Gasteiger partial charge on any atom is -0.356 e. The van der Waals surface area contributed by atoms with Gasteiger partial charge in [0.25, 0.3) is 0 Å². The maximum atomic E-state index is 11.9. The third kappa shape index (κ3) is 7.31. The van der Waals surface area contributed by atoms with Crippen LogP contribution in [0.4, 0.5) is 0 Å². The Morgan fingerprint density at radius 2 is 1.96 bits per heavy atom. The van der Waals surface area contributed by atoms with Gasteiger partial charge in [-0.1, -0.05) is 51.1 Å². The maximum Gasteiger partial charge on any atom is 0.243 e. The Morgan fingerprint density at radius 1 is 1.30 bits per heavy atom. The number of aliphatic imine (C=N–C) groups is 1. The highest BCUT2D eigenvalue weighted by Crippen LogP contribution is 2.32. The molecule has 1 aliphatic rings. The zero-order chi connectivity index (χ0) is 19.1. The molecular formula is C21H35IN4O. The zero-order valence-electron chi connectivity index (χ0n) is 17.3. The Balaban J connectivity index is 0.00000364. The number of carbonyl (C=O) groups is 1. The SMILES string of the molecule is CC(C)CNC(=NCC(=O)N(C)C)N1CCC(c2ccccc2)C(C)C1.I. The molecule has 1 saturated heterocycles. The molecule has 5 nitrogen and oxygen atoms in total. The van der Waals surface area contributed by atoms with Crippen molar-refractivity contribution in [2.45, 2.75) is 33.1 Å². The number of hydrogen-bond donors (Lipinski definition) is 1. The zero-order valence-corrected chi connectivity index (χ0v) is 19.6. The smallest absolute Gasteiger partial charge is 0.243 e. The average Bonchev–Trinajstić information content (AvgIpc) is 2.61. The highest BCUT2D eigenvalue weighted by molar-refractivity contribution is 14.0. The molecule has 0 radical (unpaired) electrons. The molecule has 0 bridgehead atoms. The average molecular weight is 486 g/mol. The van der Waals surface area contributed by atoms with Crippen LogP contribution in [0.15, 0.2) is 35.3 Å². The van der Waals surface area contributed by atoms with Gasteiger partial charge in [-0.2, -0.15) is 0 Å². The summed E-state index contributed by atoms with van der Waals surface area (Å²) < 4.78 is 0. The van der Waals surface area contributed by atoms with Crippen molar-refractivity contribution in [3.8, 4) is 0 Å². The molecule has 0 aromatic heterocycles. The van der Waals surface area contributed by atoms with Crippen LogP contribution in [0.1, 0.15) is 38.7 Å². The lowest BCUT2D eigenvalue weighted by Crippen LogP contribution is -2.49. The van der Waals surface area contributed by atoms with E-state index in [9.17, 15) is 4.79 Å². The van der Waals surface area contributed by atoms with Crippen LogP contribution >= 0.6 is 24.0 Å². The molecule has 2 rings (SSSR count). The molecule has 1 fully saturated rings. The Labute approximate surface area is 181 Å². The number of hydrogen-bond acceptors (Lipinski definition) is 2. The molecule has 1 aromatic carbocycles. The molecule has 1 aliphatic heterocycles. The van der Waals surface area contributed by atoms with E-state index in [-0.39, 0.29) is 36.4 Å². The number of likely N-dealkylation sites (N-methyl/N-ethyl adjacent to an activating group) is 1. The minimum atomic E-state index is 0. The number of halogens is 1. The summed E-state index contributed by atoms with van der Waals surface area (Å²) in [4.78, 5) is 20.5. The minimum absolute atomic E-state index is 0. The molecule has 1 aromatic rings. The summed E-state index contributed by atoms with van der Waals surface area (Å²) in [6.45, 7) is 9.65. The van der Waals surface area contributed by atoms with Gasteiger partial charge in [0.1, 0.15) is 6.54 Å². The summed E-state index contributed by atoms with van der Waals surface area (Å²) in [5, 5.41) is 3.46. The normalized spacial score (nSPS) is 20.2. The summed E-state index contributed by atoms with van der Waals surface area (Å²) in [7, 11) is 3.54. The Bertz CT molecular complexity index is 603. The number of likely N-dealkylation sites (tertiary alicyclic amines) is 1. The number of rotatable bonds is 5. The van der Waals surface area contributed by atoms with Crippen molar-refractivity contribution in [1.29, 1.82) is 0 Å². The first-order valence-electron chi connectivity index (χ1n) is 9.66. The molecular weight excluding hydrogens is 451 g/mol. The highest BCUT2D eigenvalue weighted by atomic mass is 127. The van der Waals surface area contributed by atoms with E-state index in [0.717, 1.165) is 32.0 Å². The van der Waals surface area contributed by atoms with Crippen LogP contribution in [0.25, 0.3) is 0 Å². The van der Waals surface area contributed by atoms with Gasteiger partial charge in [0.15, 0.2) is 5.96 Å². The number of nitrogens with one attached hydrogen (secondary N) is 1. The van der Waals surface area contributed by atoms with E-state index in [1.54, 1.807) is 19.0 Å². The summed E-state index contributed by atoms with van der Waals surface area (Å²) in [6, 6.07) is 10.8. The lowest BCUT2D eigenvalue weighted by Gasteiger charge is -2.39. The van der Waals surface area contributed by atoms with Crippen molar-refractivity contribution in [2.75, 3.05) is 40.3 Å². The van der Waals surface area contributed by atoms with Gasteiger partial charge >= 0.3 is 0 Å². The Morgan fingerprint density at radius 3 is 2.52 bits per heavy atom. The van der Waals surface area contributed by atoms with Gasteiger partial charge in [-0.3, -0.25) is 4.79 Å². The van der Waals surface area contributed by atoms with Gasteiger partial charge in [-0.05, 0) is 29.7 Å². The highest BCUT2D eigenvalue weighted by Gasteiger charge is 2.28. The summed E-state index contributed by atoms with van der Waals surface area (Å²) in [6.07, 6.45) is 1.11. The van der Waals surface area contributed by atoms with Crippen LogP contribution in [0, 0.1) is 11.8 Å². The van der Waals surface area contributed by atoms with E-state index in [1.165, 1.54) is 5.56 Å². The first-order valence-corrected chi connectivity index (χ1v) is 9.66. The van der Waals surface area contributed by atoms with Crippen LogP contribution in [0.5, 0.6) is 0 Å². The Hall–Kier alpha value is -1.31. The molecule has 152 valence electrons. The second kappa shape index (κ2) is 11.5. The monoisotopic (exact) mass is 486 g/mol. The van der Waals surface area contributed by atoms with E-state index in [1.807, 2.05) is 0 Å². The standard InChI is InChI=1S/C21H34N4O.HI/c1-16(2)13-22-21(23-14-20(26)24(4)5)25-12-11-19(17(3)15-25)18-9-7-6-8-10-18;/h6-10,16-17,19H,11-15H2,1-5H3,(H,22,23);1H. The lowest BCUT2D eigenvalue weighted by atomic mass is 9.82. The fourth-order valence-electron chi connectivity index (χ4n) is 3.38. The van der Waals surface area contributed by atoms with E-state index >= 15 is 0 Å². The van der Waals surface area contributed by atoms with Crippen molar-refractivity contribution in [2.24, 2.45) is 16.8 Å². The van der Waals surface area contributed by atoms with Gasteiger partial charge in [0.05, 0.1) is 0 Å². The number of nitrogens with zero attached hydrogens (tertiary/aromatic N) is 3. The first kappa shape index (κ1) is 23.7. The molecule has 0 saturated carbocycles. The fourth-order valence-corrected chi connectivity index (χ4v) is 3.38. The van der Waals surface area contributed by atoms with Crippen molar-refractivity contribution in [1.82, 2.24) is 15.1 Å². The van der Waals surface area contributed by atoms with Gasteiger partial charge in [0.2, 0.25) is 5.91 Å². The van der Waals surface area contributed by atoms with Gasteiger partial charge in [-0.25, -0.2) is 4.99 Å². The Kier molecular flexibility index (Phi) is 10.1.